The van der Waals surface area contributed by atoms with Crippen LogP contribution in [-0.2, 0) is 29.0 Å². The molecule has 1 heterocycles. The number of hydrogen-bond donors (Lipinski definition) is 1. The SMILES string of the molecule is CCc1ccc2c(c1)CCC(CC)N2S(=O)(=O)c1ccc(O)c(C(F)(F)F)c1. The van der Waals surface area contributed by atoms with Crippen LogP contribution >= 0.6 is 0 Å². The van der Waals surface area contributed by atoms with Crippen LogP contribution in [0.1, 0.15) is 43.4 Å². The summed E-state index contributed by atoms with van der Waals surface area (Å²) in [6.07, 6.45) is -2.19. The van der Waals surface area contributed by atoms with E-state index in [0.717, 1.165) is 36.1 Å². The summed E-state index contributed by atoms with van der Waals surface area (Å²) in [7, 11) is -4.23. The average Bonchev–Trinajstić information content (AvgIpc) is 2.65. The lowest BCUT2D eigenvalue weighted by Gasteiger charge is -2.37. The molecule has 1 aliphatic heterocycles. The number of aryl methyl sites for hydroxylation is 2. The van der Waals surface area contributed by atoms with Crippen molar-refractivity contribution in [2.75, 3.05) is 4.31 Å². The molecule has 4 nitrogen and oxygen atoms in total. The second-order valence-electron chi connectivity index (χ2n) is 6.89. The van der Waals surface area contributed by atoms with Crippen LogP contribution in [0.3, 0.4) is 0 Å². The average molecular weight is 413 g/mol. The molecular formula is C20H22F3NO3S. The molecule has 0 spiro atoms. The third-order valence-corrected chi connectivity index (χ3v) is 7.03. The number of phenols is 1. The molecule has 2 aromatic rings. The quantitative estimate of drug-likeness (QED) is 0.776. The summed E-state index contributed by atoms with van der Waals surface area (Å²) < 4.78 is 67.4. The van der Waals surface area contributed by atoms with Crippen LogP contribution in [-0.4, -0.2) is 19.6 Å². The lowest BCUT2D eigenvalue weighted by atomic mass is 9.94. The number of alkyl halides is 3. The lowest BCUT2D eigenvalue weighted by molar-refractivity contribution is -0.138. The van der Waals surface area contributed by atoms with E-state index in [4.69, 9.17) is 0 Å². The van der Waals surface area contributed by atoms with Gasteiger partial charge in [-0.1, -0.05) is 26.0 Å². The van der Waals surface area contributed by atoms with Crippen LogP contribution in [0.25, 0.3) is 0 Å². The summed E-state index contributed by atoms with van der Waals surface area (Å²) in [6.45, 7) is 3.86. The molecular weight excluding hydrogens is 391 g/mol. The Morgan fingerprint density at radius 1 is 1.14 bits per heavy atom. The van der Waals surface area contributed by atoms with Crippen molar-refractivity contribution in [3.63, 3.8) is 0 Å². The molecule has 1 aliphatic rings. The van der Waals surface area contributed by atoms with Gasteiger partial charge in [0.05, 0.1) is 16.1 Å². The predicted molar refractivity (Wildman–Crippen MR) is 101 cm³/mol. The molecule has 1 N–H and O–H groups in total. The fourth-order valence-electron chi connectivity index (χ4n) is 3.62. The number of rotatable bonds is 4. The fourth-order valence-corrected chi connectivity index (χ4v) is 5.44. The summed E-state index contributed by atoms with van der Waals surface area (Å²) in [4.78, 5) is -0.483. The van der Waals surface area contributed by atoms with Crippen molar-refractivity contribution in [1.29, 1.82) is 0 Å². The van der Waals surface area contributed by atoms with Crippen LogP contribution < -0.4 is 4.31 Å². The molecule has 0 bridgehead atoms. The summed E-state index contributed by atoms with van der Waals surface area (Å²) in [6, 6.07) is 7.50. The van der Waals surface area contributed by atoms with Crippen molar-refractivity contribution in [3.05, 3.63) is 53.1 Å². The van der Waals surface area contributed by atoms with Gasteiger partial charge in [-0.2, -0.15) is 13.2 Å². The maximum atomic E-state index is 13.3. The molecule has 1 unspecified atom stereocenters. The fraction of sp³-hybridized carbons (Fsp3) is 0.400. The zero-order valence-corrected chi connectivity index (χ0v) is 16.4. The van der Waals surface area contributed by atoms with E-state index in [9.17, 15) is 26.7 Å². The van der Waals surface area contributed by atoms with Gasteiger partial charge in [0.2, 0.25) is 0 Å². The molecule has 0 aliphatic carbocycles. The molecule has 0 aromatic heterocycles. The number of phenolic OH excluding ortho intramolecular Hbond substituents is 1. The summed E-state index contributed by atoms with van der Waals surface area (Å²) in [5, 5.41) is 9.53. The summed E-state index contributed by atoms with van der Waals surface area (Å²) in [5.74, 6) is -0.995. The minimum Gasteiger partial charge on any atom is -0.507 e. The number of sulfonamides is 1. The normalized spacial score (nSPS) is 17.5. The Balaban J connectivity index is 2.16. The maximum absolute atomic E-state index is 13.3. The van der Waals surface area contributed by atoms with E-state index in [1.165, 1.54) is 4.31 Å². The Morgan fingerprint density at radius 2 is 1.86 bits per heavy atom. The van der Waals surface area contributed by atoms with Gasteiger partial charge in [0, 0.05) is 6.04 Å². The predicted octanol–water partition coefficient (Wildman–Crippen LogP) is 4.89. The number of benzene rings is 2. The van der Waals surface area contributed by atoms with Crippen LogP contribution in [0.15, 0.2) is 41.3 Å². The summed E-state index contributed by atoms with van der Waals surface area (Å²) >= 11 is 0. The first-order chi connectivity index (χ1) is 13.1. The maximum Gasteiger partial charge on any atom is 0.419 e. The van der Waals surface area contributed by atoms with E-state index >= 15 is 0 Å². The van der Waals surface area contributed by atoms with Crippen molar-refractivity contribution in [3.8, 4) is 5.75 Å². The Morgan fingerprint density at radius 3 is 2.46 bits per heavy atom. The van der Waals surface area contributed by atoms with Crippen molar-refractivity contribution in [1.82, 2.24) is 0 Å². The third kappa shape index (κ3) is 3.57. The minimum absolute atomic E-state index is 0.340. The molecule has 3 rings (SSSR count). The molecule has 28 heavy (non-hydrogen) atoms. The molecule has 0 amide bonds. The molecule has 0 fully saturated rings. The third-order valence-electron chi connectivity index (χ3n) is 5.17. The van der Waals surface area contributed by atoms with E-state index in [1.807, 2.05) is 26.0 Å². The smallest absolute Gasteiger partial charge is 0.419 e. The highest BCUT2D eigenvalue weighted by molar-refractivity contribution is 7.92. The van der Waals surface area contributed by atoms with E-state index in [2.05, 4.69) is 0 Å². The highest BCUT2D eigenvalue weighted by Crippen LogP contribution is 2.40. The Labute approximate surface area is 162 Å². The number of anilines is 1. The van der Waals surface area contributed by atoms with E-state index < -0.39 is 32.4 Å². The Hall–Kier alpha value is -2.22. The standard InChI is InChI=1S/C20H22F3NO3S/c1-3-13-5-9-18-14(11-13)6-7-15(4-2)24(18)28(26,27)16-8-10-19(25)17(12-16)20(21,22)23/h5,8-12,15,25H,3-4,6-7H2,1-2H3. The Bertz CT molecular complexity index is 987. The lowest BCUT2D eigenvalue weighted by Crippen LogP contribution is -2.43. The number of hydrogen-bond acceptors (Lipinski definition) is 3. The van der Waals surface area contributed by atoms with Gasteiger partial charge >= 0.3 is 6.18 Å². The number of nitrogens with zero attached hydrogens (tertiary/aromatic N) is 1. The van der Waals surface area contributed by atoms with Gasteiger partial charge in [-0.3, -0.25) is 4.31 Å². The first-order valence-electron chi connectivity index (χ1n) is 9.16. The van der Waals surface area contributed by atoms with Gasteiger partial charge in [-0.25, -0.2) is 8.42 Å². The number of fused-ring (bicyclic) bond motifs is 1. The van der Waals surface area contributed by atoms with Crippen LogP contribution in [0.4, 0.5) is 18.9 Å². The highest BCUT2D eigenvalue weighted by Gasteiger charge is 2.39. The highest BCUT2D eigenvalue weighted by atomic mass is 32.2. The van der Waals surface area contributed by atoms with E-state index in [-0.39, 0.29) is 6.04 Å². The van der Waals surface area contributed by atoms with E-state index in [1.54, 1.807) is 6.07 Å². The molecule has 0 saturated carbocycles. The first kappa shape index (κ1) is 20.5. The zero-order valence-electron chi connectivity index (χ0n) is 15.6. The van der Waals surface area contributed by atoms with Gasteiger partial charge in [-0.15, -0.1) is 0 Å². The van der Waals surface area contributed by atoms with E-state index in [0.29, 0.717) is 24.6 Å². The molecule has 2 aromatic carbocycles. The topological polar surface area (TPSA) is 57.6 Å². The molecule has 1 atom stereocenters. The van der Waals surface area contributed by atoms with Crippen molar-refractivity contribution in [2.45, 2.75) is 56.6 Å². The van der Waals surface area contributed by atoms with Crippen molar-refractivity contribution in [2.24, 2.45) is 0 Å². The van der Waals surface area contributed by atoms with Gasteiger partial charge in [0.15, 0.2) is 0 Å². The first-order valence-corrected chi connectivity index (χ1v) is 10.6. The molecule has 0 saturated heterocycles. The van der Waals surface area contributed by atoms with Gasteiger partial charge in [0.25, 0.3) is 10.0 Å². The largest absolute Gasteiger partial charge is 0.507 e. The Kier molecular flexibility index (Phi) is 5.36. The van der Waals surface area contributed by atoms with Crippen LogP contribution in [0.5, 0.6) is 5.75 Å². The summed E-state index contributed by atoms with van der Waals surface area (Å²) in [5.41, 5.74) is 1.11. The van der Waals surface area contributed by atoms with Crippen LogP contribution in [0, 0.1) is 0 Å². The van der Waals surface area contributed by atoms with Crippen LogP contribution in [0.2, 0.25) is 0 Å². The minimum atomic E-state index is -4.85. The molecule has 8 heteroatoms. The van der Waals surface area contributed by atoms with Crippen molar-refractivity contribution < 1.29 is 26.7 Å². The second kappa shape index (κ2) is 7.31. The second-order valence-corrected chi connectivity index (χ2v) is 8.71. The van der Waals surface area contributed by atoms with Crippen molar-refractivity contribution >= 4 is 15.7 Å². The monoisotopic (exact) mass is 413 g/mol. The zero-order chi connectivity index (χ0) is 20.7. The van der Waals surface area contributed by atoms with Gasteiger partial charge in [0.1, 0.15) is 5.75 Å². The molecule has 152 valence electrons. The van der Waals surface area contributed by atoms with Gasteiger partial charge < -0.3 is 5.11 Å². The van der Waals surface area contributed by atoms with Gasteiger partial charge in [-0.05, 0) is 61.1 Å². The number of aromatic hydroxyl groups is 1. The number of halogens is 3. The molecule has 0 radical (unpaired) electrons.